The van der Waals surface area contributed by atoms with Crippen molar-refractivity contribution >= 4 is 28.1 Å². The number of aromatic nitrogens is 2. The Balaban J connectivity index is 2.01. The minimum absolute atomic E-state index is 0.107. The summed E-state index contributed by atoms with van der Waals surface area (Å²) in [6, 6.07) is 14.2. The Labute approximate surface area is 144 Å². The lowest BCUT2D eigenvalue weighted by atomic mass is 10.1. The van der Waals surface area contributed by atoms with Crippen molar-refractivity contribution in [1.29, 1.82) is 0 Å². The second kappa shape index (κ2) is 6.64. The van der Waals surface area contributed by atoms with E-state index in [-0.39, 0.29) is 5.75 Å². The molecule has 0 bridgehead atoms. The van der Waals surface area contributed by atoms with Crippen LogP contribution in [0.4, 0.5) is 8.78 Å². The summed E-state index contributed by atoms with van der Waals surface area (Å²) in [7, 11) is 0. The van der Waals surface area contributed by atoms with Crippen molar-refractivity contribution in [2.45, 2.75) is 6.61 Å². The van der Waals surface area contributed by atoms with Gasteiger partial charge in [-0.1, -0.05) is 28.1 Å². The van der Waals surface area contributed by atoms with Gasteiger partial charge in [-0.3, -0.25) is 4.57 Å². The van der Waals surface area contributed by atoms with Gasteiger partial charge in [0.2, 0.25) is 0 Å². The molecule has 0 saturated heterocycles. The fraction of sp³-hybridized carbons (Fsp3) is 0.0625. The molecule has 0 amide bonds. The molecule has 1 N–H and O–H groups in total. The van der Waals surface area contributed by atoms with Crippen molar-refractivity contribution in [3.8, 4) is 22.7 Å². The van der Waals surface area contributed by atoms with Crippen LogP contribution in [0.2, 0.25) is 0 Å². The van der Waals surface area contributed by atoms with E-state index in [0.29, 0.717) is 4.77 Å². The molecule has 3 rings (SSSR count). The Morgan fingerprint density at radius 1 is 1.04 bits per heavy atom. The normalized spacial score (nSPS) is 11.0. The summed E-state index contributed by atoms with van der Waals surface area (Å²) >= 11 is 8.73. The van der Waals surface area contributed by atoms with E-state index in [1.807, 2.05) is 35.0 Å². The SMILES string of the molecule is FC(F)Oc1ccc(-n2c(-c3ccc(Br)cc3)c[nH]c2=S)cc1. The van der Waals surface area contributed by atoms with Crippen LogP contribution in [0.25, 0.3) is 16.9 Å². The largest absolute Gasteiger partial charge is 0.435 e. The highest BCUT2D eigenvalue weighted by atomic mass is 79.9. The van der Waals surface area contributed by atoms with Crippen LogP contribution in [0.15, 0.2) is 59.2 Å². The molecule has 1 heterocycles. The molecule has 7 heteroatoms. The molecule has 3 nitrogen and oxygen atoms in total. The number of hydrogen-bond donors (Lipinski definition) is 1. The van der Waals surface area contributed by atoms with Crippen molar-refractivity contribution < 1.29 is 13.5 Å². The molecule has 118 valence electrons. The molecule has 0 aliphatic rings. The molecule has 0 aliphatic carbocycles. The molecular weight excluding hydrogens is 386 g/mol. The average molecular weight is 397 g/mol. The molecule has 0 aliphatic heterocycles. The van der Waals surface area contributed by atoms with Gasteiger partial charge in [0.05, 0.1) is 5.69 Å². The lowest BCUT2D eigenvalue weighted by molar-refractivity contribution is -0.0498. The lowest BCUT2D eigenvalue weighted by Gasteiger charge is -2.10. The average Bonchev–Trinajstić information content (AvgIpc) is 2.90. The molecular formula is C16H11BrF2N2OS. The lowest BCUT2D eigenvalue weighted by Crippen LogP contribution is -2.02. The van der Waals surface area contributed by atoms with E-state index in [1.165, 1.54) is 12.1 Å². The van der Waals surface area contributed by atoms with Gasteiger partial charge in [0, 0.05) is 21.9 Å². The maximum absolute atomic E-state index is 12.2. The first kappa shape index (κ1) is 15.9. The van der Waals surface area contributed by atoms with Gasteiger partial charge in [-0.05, 0) is 48.6 Å². The Morgan fingerprint density at radius 3 is 2.30 bits per heavy atom. The van der Waals surface area contributed by atoms with Crippen LogP contribution in [0.5, 0.6) is 5.75 Å². The molecule has 0 radical (unpaired) electrons. The third kappa shape index (κ3) is 3.51. The van der Waals surface area contributed by atoms with Crippen LogP contribution in [-0.2, 0) is 0 Å². The number of H-pyrrole nitrogens is 1. The molecule has 0 fully saturated rings. The zero-order valence-corrected chi connectivity index (χ0v) is 14.1. The van der Waals surface area contributed by atoms with Gasteiger partial charge in [0.25, 0.3) is 0 Å². The molecule has 0 saturated carbocycles. The van der Waals surface area contributed by atoms with E-state index in [2.05, 4.69) is 25.7 Å². The fourth-order valence-electron chi connectivity index (χ4n) is 2.23. The van der Waals surface area contributed by atoms with Crippen molar-refractivity contribution in [3.05, 3.63) is 64.0 Å². The molecule has 0 unspecified atom stereocenters. The number of rotatable bonds is 4. The summed E-state index contributed by atoms with van der Waals surface area (Å²) in [5.74, 6) is 0.107. The highest BCUT2D eigenvalue weighted by molar-refractivity contribution is 9.10. The smallest absolute Gasteiger partial charge is 0.387 e. The first-order valence-electron chi connectivity index (χ1n) is 6.66. The van der Waals surface area contributed by atoms with Crippen molar-refractivity contribution in [2.75, 3.05) is 0 Å². The fourth-order valence-corrected chi connectivity index (χ4v) is 2.76. The standard InChI is InChI=1S/C16H11BrF2N2OS/c17-11-3-1-10(2-4-11)14-9-20-16(23)21(14)12-5-7-13(8-6-12)22-15(18)19/h1-9,15H,(H,20,23). The number of nitrogens with zero attached hydrogens (tertiary/aromatic N) is 1. The number of hydrogen-bond acceptors (Lipinski definition) is 2. The minimum Gasteiger partial charge on any atom is -0.435 e. The predicted molar refractivity (Wildman–Crippen MR) is 90.7 cm³/mol. The molecule has 0 spiro atoms. The summed E-state index contributed by atoms with van der Waals surface area (Å²) < 4.78 is 32.1. The second-order valence-corrected chi connectivity index (χ2v) is 6.00. The summed E-state index contributed by atoms with van der Waals surface area (Å²) in [6.45, 7) is -2.84. The zero-order chi connectivity index (χ0) is 16.4. The van der Waals surface area contributed by atoms with E-state index in [9.17, 15) is 8.78 Å². The Bertz CT molecular complexity index is 857. The number of alkyl halides is 2. The summed E-state index contributed by atoms with van der Waals surface area (Å²) in [4.78, 5) is 3.01. The first-order chi connectivity index (χ1) is 11.0. The van der Waals surface area contributed by atoms with E-state index in [0.717, 1.165) is 21.4 Å². The van der Waals surface area contributed by atoms with Crippen LogP contribution in [0.3, 0.4) is 0 Å². The van der Waals surface area contributed by atoms with E-state index in [4.69, 9.17) is 12.2 Å². The van der Waals surface area contributed by atoms with Gasteiger partial charge >= 0.3 is 6.61 Å². The Morgan fingerprint density at radius 2 is 1.70 bits per heavy atom. The second-order valence-electron chi connectivity index (χ2n) is 4.69. The van der Waals surface area contributed by atoms with E-state index >= 15 is 0 Å². The zero-order valence-electron chi connectivity index (χ0n) is 11.7. The van der Waals surface area contributed by atoms with Crippen LogP contribution in [0, 0.1) is 4.77 Å². The third-order valence-corrected chi connectivity index (χ3v) is 4.07. The number of imidazole rings is 1. The van der Waals surface area contributed by atoms with E-state index < -0.39 is 6.61 Å². The number of nitrogens with one attached hydrogen (secondary N) is 1. The van der Waals surface area contributed by atoms with Crippen molar-refractivity contribution in [2.24, 2.45) is 0 Å². The van der Waals surface area contributed by atoms with Gasteiger partial charge in [-0.25, -0.2) is 0 Å². The molecule has 2 aromatic carbocycles. The van der Waals surface area contributed by atoms with Gasteiger partial charge in [-0.2, -0.15) is 8.78 Å². The predicted octanol–water partition coefficient (Wildman–Crippen LogP) is 5.57. The first-order valence-corrected chi connectivity index (χ1v) is 7.86. The van der Waals surface area contributed by atoms with Crippen LogP contribution in [-0.4, -0.2) is 16.2 Å². The van der Waals surface area contributed by atoms with Gasteiger partial charge in [0.15, 0.2) is 4.77 Å². The highest BCUT2D eigenvalue weighted by Crippen LogP contribution is 2.26. The van der Waals surface area contributed by atoms with Gasteiger partial charge in [-0.15, -0.1) is 0 Å². The van der Waals surface area contributed by atoms with Crippen LogP contribution < -0.4 is 4.74 Å². The topological polar surface area (TPSA) is 29.9 Å². The monoisotopic (exact) mass is 396 g/mol. The van der Waals surface area contributed by atoms with Crippen molar-refractivity contribution in [3.63, 3.8) is 0 Å². The summed E-state index contributed by atoms with van der Waals surface area (Å²) in [5, 5.41) is 0. The maximum Gasteiger partial charge on any atom is 0.387 e. The summed E-state index contributed by atoms with van der Waals surface area (Å²) in [6.07, 6.45) is 1.81. The number of benzene rings is 2. The van der Waals surface area contributed by atoms with Crippen LogP contribution >= 0.6 is 28.1 Å². The number of aromatic amines is 1. The Hall–Kier alpha value is -1.99. The Kier molecular flexibility index (Phi) is 4.58. The van der Waals surface area contributed by atoms with Gasteiger partial charge < -0.3 is 9.72 Å². The number of halogens is 3. The molecule has 1 aromatic heterocycles. The highest BCUT2D eigenvalue weighted by Gasteiger charge is 2.10. The minimum atomic E-state index is -2.84. The molecule has 3 aromatic rings. The molecule has 23 heavy (non-hydrogen) atoms. The van der Waals surface area contributed by atoms with E-state index in [1.54, 1.807) is 12.1 Å². The van der Waals surface area contributed by atoms with Crippen LogP contribution in [0.1, 0.15) is 0 Å². The number of ether oxygens (including phenoxy) is 1. The third-order valence-electron chi connectivity index (χ3n) is 3.24. The van der Waals surface area contributed by atoms with Crippen molar-refractivity contribution in [1.82, 2.24) is 9.55 Å². The summed E-state index contributed by atoms with van der Waals surface area (Å²) in [5.41, 5.74) is 2.62. The maximum atomic E-state index is 12.2. The molecule has 0 atom stereocenters. The quantitative estimate of drug-likeness (QED) is 0.584. The van der Waals surface area contributed by atoms with Gasteiger partial charge in [0.1, 0.15) is 5.75 Å².